The first-order chi connectivity index (χ1) is 16.7. The van der Waals surface area contributed by atoms with Crippen molar-refractivity contribution in [3.8, 4) is 0 Å². The number of benzene rings is 2. The van der Waals surface area contributed by atoms with Gasteiger partial charge in [0.1, 0.15) is 0 Å². The molecule has 0 unspecified atom stereocenters. The van der Waals surface area contributed by atoms with Crippen LogP contribution in [0.5, 0.6) is 0 Å². The van der Waals surface area contributed by atoms with Gasteiger partial charge >= 0.3 is 0 Å². The predicted octanol–water partition coefficient (Wildman–Crippen LogP) is 5.31. The Kier molecular flexibility index (Phi) is 7.31. The summed E-state index contributed by atoms with van der Waals surface area (Å²) < 4.78 is 1.74. The number of rotatable bonds is 5. The largest absolute Gasteiger partial charge is 0.342 e. The molecule has 0 spiro atoms. The lowest BCUT2D eigenvalue weighted by Crippen LogP contribution is -2.40. The highest BCUT2D eigenvalue weighted by Gasteiger charge is 2.27. The maximum atomic E-state index is 13.3. The molecule has 1 fully saturated rings. The van der Waals surface area contributed by atoms with E-state index in [2.05, 4.69) is 0 Å². The number of aromatic nitrogens is 1. The minimum absolute atomic E-state index is 0.0212. The number of likely N-dealkylation sites (tertiary alicyclic amines) is 1. The van der Waals surface area contributed by atoms with Crippen LogP contribution in [-0.2, 0) is 11.3 Å². The van der Waals surface area contributed by atoms with Crippen LogP contribution in [0.3, 0.4) is 0 Å². The van der Waals surface area contributed by atoms with Crippen LogP contribution < -0.4 is 10.5 Å². The maximum Gasteiger partial charge on any atom is 0.258 e. The molecule has 3 aromatic rings. The molecule has 35 heavy (non-hydrogen) atoms. The van der Waals surface area contributed by atoms with Gasteiger partial charge in [-0.1, -0.05) is 25.4 Å². The lowest BCUT2D eigenvalue weighted by molar-refractivity contribution is -0.135. The van der Waals surface area contributed by atoms with Crippen LogP contribution in [0.4, 0.5) is 5.69 Å². The quantitative estimate of drug-likeness (QED) is 0.483. The molecule has 6 nitrogen and oxygen atoms in total. The number of nitrogens with zero attached hydrogens (tertiary/aromatic N) is 3. The van der Waals surface area contributed by atoms with Gasteiger partial charge in [-0.2, -0.15) is 0 Å². The normalized spacial score (nSPS) is 14.5. The molecule has 1 aromatic heterocycles. The molecule has 0 aliphatic carbocycles. The van der Waals surface area contributed by atoms with Gasteiger partial charge in [0, 0.05) is 60.3 Å². The van der Waals surface area contributed by atoms with Crippen molar-refractivity contribution in [2.45, 2.75) is 46.1 Å². The second-order valence-corrected chi connectivity index (χ2v) is 9.95. The Morgan fingerprint density at radius 3 is 2.31 bits per heavy atom. The van der Waals surface area contributed by atoms with Crippen molar-refractivity contribution in [2.24, 2.45) is 5.92 Å². The van der Waals surface area contributed by atoms with Crippen LogP contribution in [0.1, 0.15) is 55.5 Å². The third kappa shape index (κ3) is 4.98. The first kappa shape index (κ1) is 25.0. The number of carbonyl (C=O) groups excluding carboxylic acids is 2. The molecule has 1 saturated heterocycles. The summed E-state index contributed by atoms with van der Waals surface area (Å²) in [6.07, 6.45) is 1.60. The van der Waals surface area contributed by atoms with Crippen molar-refractivity contribution in [1.29, 1.82) is 0 Å². The summed E-state index contributed by atoms with van der Waals surface area (Å²) >= 11 is 6.00. The number of aryl methyl sites for hydroxylation is 1. The summed E-state index contributed by atoms with van der Waals surface area (Å²) in [6.45, 7) is 7.70. The van der Waals surface area contributed by atoms with Crippen molar-refractivity contribution in [1.82, 2.24) is 9.47 Å². The third-order valence-corrected chi connectivity index (χ3v) is 7.22. The Balaban J connectivity index is 1.71. The van der Waals surface area contributed by atoms with Crippen molar-refractivity contribution in [3.63, 3.8) is 0 Å². The van der Waals surface area contributed by atoms with E-state index in [1.165, 1.54) is 0 Å². The van der Waals surface area contributed by atoms with Gasteiger partial charge in [-0.25, -0.2) is 0 Å². The van der Waals surface area contributed by atoms with Crippen LogP contribution in [0.2, 0.25) is 5.02 Å². The zero-order chi connectivity index (χ0) is 25.3. The molecular formula is C28H32ClN3O3. The van der Waals surface area contributed by atoms with Gasteiger partial charge in [0.25, 0.3) is 11.5 Å². The summed E-state index contributed by atoms with van der Waals surface area (Å²) in [5.74, 6) is 0.180. The average Bonchev–Trinajstić information content (AvgIpc) is 2.87. The highest BCUT2D eigenvalue weighted by Crippen LogP contribution is 2.33. The number of carbonyl (C=O) groups is 2. The molecule has 0 atom stereocenters. The van der Waals surface area contributed by atoms with Gasteiger partial charge < -0.3 is 14.4 Å². The van der Waals surface area contributed by atoms with Crippen molar-refractivity contribution in [2.75, 3.05) is 25.0 Å². The van der Waals surface area contributed by atoms with E-state index in [-0.39, 0.29) is 29.2 Å². The summed E-state index contributed by atoms with van der Waals surface area (Å²) in [6, 6.07) is 14.5. The highest BCUT2D eigenvalue weighted by molar-refractivity contribution is 6.30. The first-order valence-corrected chi connectivity index (χ1v) is 12.6. The number of hydrogen-bond donors (Lipinski definition) is 0. The number of hydrogen-bond acceptors (Lipinski definition) is 3. The van der Waals surface area contributed by atoms with Gasteiger partial charge in [-0.15, -0.1) is 0 Å². The average molecular weight is 494 g/mol. The summed E-state index contributed by atoms with van der Waals surface area (Å²) in [5.41, 5.74) is 3.08. The highest BCUT2D eigenvalue weighted by atomic mass is 35.5. The molecule has 1 aliphatic rings. The Morgan fingerprint density at radius 1 is 1.06 bits per heavy atom. The molecule has 0 N–H and O–H groups in total. The van der Waals surface area contributed by atoms with E-state index in [1.807, 2.05) is 49.9 Å². The number of pyridine rings is 1. The number of amides is 2. The van der Waals surface area contributed by atoms with Crippen LogP contribution in [0, 0.1) is 5.92 Å². The smallest absolute Gasteiger partial charge is 0.258 e. The van der Waals surface area contributed by atoms with Crippen LogP contribution >= 0.6 is 11.6 Å². The summed E-state index contributed by atoms with van der Waals surface area (Å²) in [5, 5.41) is 1.54. The van der Waals surface area contributed by atoms with Crippen LogP contribution in [0.25, 0.3) is 10.9 Å². The maximum absolute atomic E-state index is 13.3. The molecule has 2 amide bonds. The zero-order valence-electron chi connectivity index (χ0n) is 20.8. The first-order valence-electron chi connectivity index (χ1n) is 12.2. The molecule has 4 rings (SSSR count). The Labute approximate surface area is 211 Å². The van der Waals surface area contributed by atoms with E-state index >= 15 is 0 Å². The molecule has 7 heteroatoms. The fraction of sp³-hybridized carbons (Fsp3) is 0.393. The minimum Gasteiger partial charge on any atom is -0.342 e. The van der Waals surface area contributed by atoms with Crippen LogP contribution in [-0.4, -0.2) is 41.4 Å². The molecule has 2 heterocycles. The van der Waals surface area contributed by atoms with Crippen molar-refractivity contribution < 1.29 is 9.59 Å². The number of anilines is 1. The van der Waals surface area contributed by atoms with E-state index in [1.54, 1.807) is 40.8 Å². The number of halogens is 1. The SMILES string of the molecule is CCn1c(=O)cc(C2CCN(C(=O)C(C)C)CC2)c2cc(C(=O)N(C)c3ccc(Cl)cc3)ccc21. The molecule has 2 aromatic carbocycles. The third-order valence-electron chi connectivity index (χ3n) is 6.97. The standard InChI is InChI=1S/C28H32ClN3O3/c1-5-32-25-11-6-20(28(35)30(4)22-9-7-21(29)8-10-22)16-24(25)23(17-26(32)33)19-12-14-31(15-13-19)27(34)18(2)3/h6-11,16-19H,5,12-15H2,1-4H3. The van der Waals surface area contributed by atoms with Crippen LogP contribution in [0.15, 0.2) is 53.3 Å². The zero-order valence-corrected chi connectivity index (χ0v) is 21.5. The monoisotopic (exact) mass is 493 g/mol. The van der Waals surface area contributed by atoms with E-state index < -0.39 is 0 Å². The lowest BCUT2D eigenvalue weighted by Gasteiger charge is -2.34. The Bertz CT molecular complexity index is 1310. The molecule has 0 saturated carbocycles. The molecule has 184 valence electrons. The van der Waals surface area contributed by atoms with Gasteiger partial charge in [-0.3, -0.25) is 14.4 Å². The second kappa shape index (κ2) is 10.2. The number of fused-ring (bicyclic) bond motifs is 1. The van der Waals surface area contributed by atoms with Gasteiger partial charge in [-0.05, 0) is 73.7 Å². The van der Waals surface area contributed by atoms with Gasteiger partial charge in [0.2, 0.25) is 5.91 Å². The van der Waals surface area contributed by atoms with Crippen molar-refractivity contribution in [3.05, 3.63) is 75.0 Å². The minimum atomic E-state index is -0.133. The predicted molar refractivity (Wildman–Crippen MR) is 141 cm³/mol. The molecular weight excluding hydrogens is 462 g/mol. The fourth-order valence-corrected chi connectivity index (χ4v) is 5.08. The van der Waals surface area contributed by atoms with E-state index in [0.717, 1.165) is 35.0 Å². The second-order valence-electron chi connectivity index (χ2n) is 9.51. The lowest BCUT2D eigenvalue weighted by atomic mass is 9.86. The summed E-state index contributed by atoms with van der Waals surface area (Å²) in [4.78, 5) is 42.2. The van der Waals surface area contributed by atoms with Gasteiger partial charge in [0.15, 0.2) is 0 Å². The molecule has 0 radical (unpaired) electrons. The Morgan fingerprint density at radius 2 is 1.71 bits per heavy atom. The molecule has 1 aliphatic heterocycles. The number of piperidine rings is 1. The van der Waals surface area contributed by atoms with Gasteiger partial charge in [0.05, 0.1) is 5.52 Å². The fourth-order valence-electron chi connectivity index (χ4n) is 4.96. The van der Waals surface area contributed by atoms with E-state index in [9.17, 15) is 14.4 Å². The summed E-state index contributed by atoms with van der Waals surface area (Å²) in [7, 11) is 1.74. The topological polar surface area (TPSA) is 62.6 Å². The van der Waals surface area contributed by atoms with E-state index in [4.69, 9.17) is 11.6 Å². The van der Waals surface area contributed by atoms with Crippen molar-refractivity contribution >= 4 is 40.0 Å². The van der Waals surface area contributed by atoms with E-state index in [0.29, 0.717) is 30.2 Å². The molecule has 0 bridgehead atoms. The Hall–Kier alpha value is -3.12.